The summed E-state index contributed by atoms with van der Waals surface area (Å²) in [5.74, 6) is -0.529. The molecule has 0 aliphatic heterocycles. The third-order valence-corrected chi connectivity index (χ3v) is 11.0. The standard InChI is InChI=1S/C26H22NO3PS/c28-26(27-32(29,30)25-19-11-4-12-20-25)21-31(22-13-5-1-6-14-22,23-15-7-2-8-16-23)24-17-9-3-10-18-24/h1-20H,21H2/p+1. The Bertz CT molecular complexity index is 1180. The zero-order valence-corrected chi connectivity index (χ0v) is 19.0. The predicted molar refractivity (Wildman–Crippen MR) is 132 cm³/mol. The molecule has 0 atom stereocenters. The first-order chi connectivity index (χ1) is 15.5. The highest BCUT2D eigenvalue weighted by atomic mass is 32.2. The van der Waals surface area contributed by atoms with E-state index < -0.39 is 23.2 Å². The van der Waals surface area contributed by atoms with Crippen molar-refractivity contribution in [3.05, 3.63) is 121 Å². The lowest BCUT2D eigenvalue weighted by atomic mass is 10.4. The molecule has 4 aromatic rings. The Balaban J connectivity index is 1.82. The van der Waals surface area contributed by atoms with Crippen LogP contribution in [0, 0.1) is 0 Å². The van der Waals surface area contributed by atoms with Crippen LogP contribution < -0.4 is 20.6 Å². The minimum absolute atomic E-state index is 0.0388. The molecule has 0 aliphatic rings. The van der Waals surface area contributed by atoms with Gasteiger partial charge >= 0.3 is 0 Å². The number of sulfonamides is 1. The van der Waals surface area contributed by atoms with Gasteiger partial charge in [0.05, 0.1) is 4.90 Å². The second-order valence-electron chi connectivity index (χ2n) is 7.32. The highest BCUT2D eigenvalue weighted by Crippen LogP contribution is 2.55. The number of hydrogen-bond acceptors (Lipinski definition) is 3. The molecule has 1 amide bonds. The number of benzene rings is 4. The van der Waals surface area contributed by atoms with Gasteiger partial charge in [0.25, 0.3) is 15.9 Å². The normalized spacial score (nSPS) is 11.6. The van der Waals surface area contributed by atoms with Gasteiger partial charge in [-0.25, -0.2) is 13.1 Å². The van der Waals surface area contributed by atoms with E-state index in [4.69, 9.17) is 0 Å². The highest BCUT2D eigenvalue weighted by molar-refractivity contribution is 7.96. The zero-order valence-electron chi connectivity index (χ0n) is 17.3. The average molecular weight is 461 g/mol. The lowest BCUT2D eigenvalue weighted by Gasteiger charge is -2.27. The molecule has 0 bridgehead atoms. The fourth-order valence-corrected chi connectivity index (χ4v) is 8.93. The van der Waals surface area contributed by atoms with E-state index in [1.807, 2.05) is 91.0 Å². The summed E-state index contributed by atoms with van der Waals surface area (Å²) < 4.78 is 27.9. The first-order valence-electron chi connectivity index (χ1n) is 10.2. The van der Waals surface area contributed by atoms with Gasteiger partial charge in [0.15, 0.2) is 6.16 Å². The lowest BCUT2D eigenvalue weighted by molar-refractivity contribution is -0.116. The van der Waals surface area contributed by atoms with Gasteiger partial charge in [-0.2, -0.15) is 0 Å². The van der Waals surface area contributed by atoms with Gasteiger partial charge in [-0.1, -0.05) is 72.8 Å². The molecule has 0 spiro atoms. The van der Waals surface area contributed by atoms with Crippen LogP contribution in [0.1, 0.15) is 0 Å². The zero-order chi connectivity index (χ0) is 22.4. The number of rotatable bonds is 7. The first kappa shape index (κ1) is 21.9. The van der Waals surface area contributed by atoms with E-state index in [2.05, 4.69) is 4.72 Å². The van der Waals surface area contributed by atoms with E-state index in [1.165, 1.54) is 12.1 Å². The molecule has 0 aliphatic carbocycles. The van der Waals surface area contributed by atoms with E-state index in [1.54, 1.807) is 18.2 Å². The van der Waals surface area contributed by atoms with Crippen LogP contribution >= 0.6 is 7.26 Å². The monoisotopic (exact) mass is 460 g/mol. The van der Waals surface area contributed by atoms with Crippen LogP contribution in [0.2, 0.25) is 0 Å². The second kappa shape index (κ2) is 9.47. The SMILES string of the molecule is O=C(C[P+](c1ccccc1)(c1ccccc1)c1ccccc1)NS(=O)(=O)c1ccccc1. The molecule has 0 unspecified atom stereocenters. The molecular formula is C26H23NO3PS+. The number of carbonyl (C=O) groups is 1. The van der Waals surface area contributed by atoms with Crippen LogP contribution in [-0.2, 0) is 14.8 Å². The molecule has 0 aromatic heterocycles. The molecule has 4 aromatic carbocycles. The Morgan fingerprint density at radius 1 is 0.594 bits per heavy atom. The Kier molecular flexibility index (Phi) is 6.50. The summed E-state index contributed by atoms with van der Waals surface area (Å²) in [6.45, 7) is 0. The van der Waals surface area contributed by atoms with E-state index in [-0.39, 0.29) is 11.1 Å². The predicted octanol–water partition coefficient (Wildman–Crippen LogP) is 3.49. The Morgan fingerprint density at radius 2 is 0.938 bits per heavy atom. The van der Waals surface area contributed by atoms with Gasteiger partial charge in [-0.05, 0) is 48.5 Å². The van der Waals surface area contributed by atoms with Crippen molar-refractivity contribution < 1.29 is 13.2 Å². The fraction of sp³-hybridized carbons (Fsp3) is 0.0385. The summed E-state index contributed by atoms with van der Waals surface area (Å²) in [7, 11) is -6.42. The van der Waals surface area contributed by atoms with Crippen molar-refractivity contribution in [2.45, 2.75) is 4.90 Å². The minimum Gasteiger partial charge on any atom is -0.270 e. The van der Waals surface area contributed by atoms with Crippen LogP contribution in [0.25, 0.3) is 0 Å². The molecule has 4 nitrogen and oxygen atoms in total. The Hall–Kier alpha value is -3.27. The molecule has 0 fully saturated rings. The molecule has 6 heteroatoms. The quantitative estimate of drug-likeness (QED) is 0.430. The molecule has 1 N–H and O–H groups in total. The maximum Gasteiger partial charge on any atom is 0.272 e. The van der Waals surface area contributed by atoms with Crippen molar-refractivity contribution >= 4 is 39.1 Å². The van der Waals surface area contributed by atoms with Crippen LogP contribution in [0.15, 0.2) is 126 Å². The molecule has 160 valence electrons. The summed E-state index contributed by atoms with van der Waals surface area (Å²) in [6, 6.07) is 37.6. The summed E-state index contributed by atoms with van der Waals surface area (Å²) in [4.78, 5) is 13.4. The van der Waals surface area contributed by atoms with Crippen LogP contribution in [0.3, 0.4) is 0 Å². The van der Waals surface area contributed by atoms with E-state index >= 15 is 0 Å². The summed E-state index contributed by atoms with van der Waals surface area (Å²) in [5, 5.41) is 3.05. The number of nitrogens with one attached hydrogen (secondary N) is 1. The second-order valence-corrected chi connectivity index (χ2v) is 12.5. The number of hydrogen-bond donors (Lipinski definition) is 1. The topological polar surface area (TPSA) is 63.2 Å². The lowest BCUT2D eigenvalue weighted by Crippen LogP contribution is -2.41. The molecule has 32 heavy (non-hydrogen) atoms. The number of amides is 1. The van der Waals surface area contributed by atoms with Crippen molar-refractivity contribution in [2.24, 2.45) is 0 Å². The third-order valence-electron chi connectivity index (χ3n) is 5.27. The molecule has 4 rings (SSSR count). The fourth-order valence-electron chi connectivity index (χ4n) is 3.82. The minimum atomic E-state index is -3.96. The van der Waals surface area contributed by atoms with Crippen molar-refractivity contribution in [3.63, 3.8) is 0 Å². The maximum absolute atomic E-state index is 13.3. The Morgan fingerprint density at radius 3 is 1.31 bits per heavy atom. The molecule has 0 heterocycles. The first-order valence-corrected chi connectivity index (χ1v) is 13.6. The van der Waals surface area contributed by atoms with Crippen molar-refractivity contribution in [1.82, 2.24) is 4.72 Å². The van der Waals surface area contributed by atoms with Crippen LogP contribution in [-0.4, -0.2) is 20.5 Å². The van der Waals surface area contributed by atoms with Gasteiger partial charge < -0.3 is 0 Å². The van der Waals surface area contributed by atoms with Crippen molar-refractivity contribution in [3.8, 4) is 0 Å². The molecule has 0 saturated heterocycles. The van der Waals surface area contributed by atoms with Crippen LogP contribution in [0.5, 0.6) is 0 Å². The van der Waals surface area contributed by atoms with Crippen molar-refractivity contribution in [1.29, 1.82) is 0 Å². The van der Waals surface area contributed by atoms with Crippen LogP contribution in [0.4, 0.5) is 0 Å². The van der Waals surface area contributed by atoms with Gasteiger partial charge in [0, 0.05) is 0 Å². The molecule has 0 radical (unpaired) electrons. The van der Waals surface area contributed by atoms with Gasteiger partial charge in [0.2, 0.25) is 0 Å². The van der Waals surface area contributed by atoms with E-state index in [9.17, 15) is 13.2 Å². The smallest absolute Gasteiger partial charge is 0.270 e. The highest BCUT2D eigenvalue weighted by Gasteiger charge is 2.47. The van der Waals surface area contributed by atoms with Gasteiger partial charge in [-0.3, -0.25) is 4.79 Å². The number of carbonyl (C=O) groups excluding carboxylic acids is 1. The summed E-state index contributed by atoms with van der Waals surface area (Å²) in [6.07, 6.45) is 0.0388. The van der Waals surface area contributed by atoms with Gasteiger partial charge in [0.1, 0.15) is 23.2 Å². The summed E-state index contributed by atoms with van der Waals surface area (Å²) in [5.41, 5.74) is 0. The molecular weight excluding hydrogens is 437 g/mol. The van der Waals surface area contributed by atoms with Crippen molar-refractivity contribution in [2.75, 3.05) is 6.16 Å². The van der Waals surface area contributed by atoms with E-state index in [0.717, 1.165) is 15.9 Å². The molecule has 0 saturated carbocycles. The van der Waals surface area contributed by atoms with Gasteiger partial charge in [-0.15, -0.1) is 0 Å². The summed E-state index contributed by atoms with van der Waals surface area (Å²) >= 11 is 0. The third kappa shape index (κ3) is 4.50. The van der Waals surface area contributed by atoms with E-state index in [0.29, 0.717) is 0 Å². The Labute approximate surface area is 189 Å². The largest absolute Gasteiger partial charge is 0.272 e. The average Bonchev–Trinajstić information content (AvgIpc) is 2.84. The maximum atomic E-state index is 13.3.